The summed E-state index contributed by atoms with van der Waals surface area (Å²) in [6.45, 7) is 2.97. The lowest BCUT2D eigenvalue weighted by Crippen LogP contribution is -2.51. The van der Waals surface area contributed by atoms with E-state index in [0.717, 1.165) is 18.4 Å². The Morgan fingerprint density at radius 1 is 1.18 bits per heavy atom. The molecule has 1 saturated carbocycles. The third-order valence-electron chi connectivity index (χ3n) is 6.50. The molecule has 1 aromatic heterocycles. The number of ether oxygens (including phenoxy) is 1. The van der Waals surface area contributed by atoms with E-state index < -0.39 is 17.9 Å². The summed E-state index contributed by atoms with van der Waals surface area (Å²) in [5.41, 5.74) is 1.15. The lowest BCUT2D eigenvalue weighted by Gasteiger charge is -2.35. The van der Waals surface area contributed by atoms with E-state index in [2.05, 4.69) is 10.5 Å². The van der Waals surface area contributed by atoms with Gasteiger partial charge in [-0.05, 0) is 62.6 Å². The molecule has 1 saturated heterocycles. The van der Waals surface area contributed by atoms with Crippen LogP contribution in [0.25, 0.3) is 0 Å². The largest absolute Gasteiger partial charge is 0.508 e. The van der Waals surface area contributed by atoms with E-state index in [-0.39, 0.29) is 29.9 Å². The van der Waals surface area contributed by atoms with Crippen LogP contribution in [0.2, 0.25) is 0 Å². The maximum atomic E-state index is 12.8. The predicted molar refractivity (Wildman–Crippen MR) is 122 cm³/mol. The molecule has 1 aliphatic carbocycles. The third-order valence-corrected chi connectivity index (χ3v) is 6.50. The molecule has 0 spiro atoms. The number of phenolic OH excluding ortho intramolecular Hbond substituents is 1. The zero-order valence-corrected chi connectivity index (χ0v) is 19.4. The first-order chi connectivity index (χ1) is 16.4. The number of likely N-dealkylation sites (tertiary alicyclic amines) is 1. The maximum Gasteiger partial charge on any atom is 0.328 e. The van der Waals surface area contributed by atoms with Gasteiger partial charge in [-0.25, -0.2) is 4.79 Å². The van der Waals surface area contributed by atoms with Crippen molar-refractivity contribution in [2.24, 2.45) is 5.92 Å². The van der Waals surface area contributed by atoms with Gasteiger partial charge in [0.1, 0.15) is 17.6 Å². The second-order valence-corrected chi connectivity index (χ2v) is 8.98. The number of esters is 1. The molecule has 34 heavy (non-hydrogen) atoms. The van der Waals surface area contributed by atoms with Gasteiger partial charge in [0, 0.05) is 31.5 Å². The molecule has 1 atom stereocenters. The highest BCUT2D eigenvalue weighted by Gasteiger charge is 2.36. The van der Waals surface area contributed by atoms with Crippen molar-refractivity contribution in [1.82, 2.24) is 15.4 Å². The first kappa shape index (κ1) is 23.8. The van der Waals surface area contributed by atoms with E-state index in [1.807, 2.05) is 12.1 Å². The molecule has 2 N–H and O–H groups in total. The van der Waals surface area contributed by atoms with Gasteiger partial charge >= 0.3 is 5.97 Å². The number of carbonyl (C=O) groups is 3. The average molecular weight is 470 g/mol. The van der Waals surface area contributed by atoms with E-state index >= 15 is 0 Å². The number of benzene rings is 1. The van der Waals surface area contributed by atoms with E-state index in [0.29, 0.717) is 50.5 Å². The second-order valence-electron chi connectivity index (χ2n) is 8.98. The summed E-state index contributed by atoms with van der Waals surface area (Å²) < 4.78 is 10.5. The first-order valence-corrected chi connectivity index (χ1v) is 11.9. The Morgan fingerprint density at radius 2 is 1.88 bits per heavy atom. The molecule has 182 valence electrons. The fourth-order valence-electron chi connectivity index (χ4n) is 4.33. The van der Waals surface area contributed by atoms with Crippen LogP contribution in [0.3, 0.4) is 0 Å². The Bertz CT molecular complexity index is 1010. The number of aromatic hydroxyl groups is 1. The van der Waals surface area contributed by atoms with Crippen LogP contribution >= 0.6 is 0 Å². The molecular weight excluding hydrogens is 438 g/mol. The van der Waals surface area contributed by atoms with Gasteiger partial charge in [-0.1, -0.05) is 17.3 Å². The number of rotatable bonds is 9. The number of phenols is 1. The van der Waals surface area contributed by atoms with Crippen molar-refractivity contribution in [3.05, 3.63) is 47.3 Å². The molecule has 1 aromatic carbocycles. The Labute approximate surface area is 198 Å². The van der Waals surface area contributed by atoms with Crippen molar-refractivity contribution in [3.63, 3.8) is 0 Å². The standard InChI is InChI=1S/C25H31N3O6/c1-2-33-25(32)23(26-24(31)20-15-21(34-27-20)17-6-7-17)18-11-13-28(14-12-18)22(30)10-5-16-3-8-19(29)9-4-16/h3-4,8-9,15,17-18,23,29H,2,5-7,10-14H2,1H3,(H,26,31). The number of hydrogen-bond donors (Lipinski definition) is 2. The van der Waals surface area contributed by atoms with Crippen LogP contribution in [0.1, 0.15) is 66.8 Å². The van der Waals surface area contributed by atoms with Crippen molar-refractivity contribution >= 4 is 17.8 Å². The molecule has 9 nitrogen and oxygen atoms in total. The molecule has 0 bridgehead atoms. The van der Waals surface area contributed by atoms with Crippen LogP contribution in [0, 0.1) is 5.92 Å². The summed E-state index contributed by atoms with van der Waals surface area (Å²) in [5, 5.41) is 16.0. The van der Waals surface area contributed by atoms with Gasteiger partial charge in [-0.15, -0.1) is 0 Å². The first-order valence-electron chi connectivity index (χ1n) is 11.9. The van der Waals surface area contributed by atoms with E-state index in [1.165, 1.54) is 0 Å². The highest BCUT2D eigenvalue weighted by molar-refractivity contribution is 5.95. The van der Waals surface area contributed by atoms with Crippen molar-refractivity contribution < 1.29 is 28.8 Å². The lowest BCUT2D eigenvalue weighted by molar-refractivity contribution is -0.147. The molecule has 0 radical (unpaired) electrons. The summed E-state index contributed by atoms with van der Waals surface area (Å²) >= 11 is 0. The fraction of sp³-hybridized carbons (Fsp3) is 0.520. The molecule has 1 aliphatic heterocycles. The van der Waals surface area contributed by atoms with E-state index in [1.54, 1.807) is 30.0 Å². The SMILES string of the molecule is CCOC(=O)C(NC(=O)c1cc(C2CC2)on1)C1CCN(C(=O)CCc2ccc(O)cc2)CC1. The molecule has 2 amide bonds. The summed E-state index contributed by atoms with van der Waals surface area (Å²) in [5.74, 6) is 0.229. The normalized spacial score (nSPS) is 17.3. The van der Waals surface area contributed by atoms with Gasteiger partial charge in [-0.2, -0.15) is 0 Å². The monoisotopic (exact) mass is 469 g/mol. The molecule has 4 rings (SSSR count). The Balaban J connectivity index is 1.31. The number of nitrogens with zero attached hydrogens (tertiary/aromatic N) is 2. The summed E-state index contributed by atoms with van der Waals surface area (Å²) in [6, 6.07) is 7.68. The molecule has 2 heterocycles. The van der Waals surface area contributed by atoms with Crippen LogP contribution in [-0.2, 0) is 20.7 Å². The predicted octanol–water partition coefficient (Wildman–Crippen LogP) is 2.79. The van der Waals surface area contributed by atoms with Gasteiger partial charge in [-0.3, -0.25) is 9.59 Å². The van der Waals surface area contributed by atoms with Gasteiger partial charge in [0.05, 0.1) is 6.61 Å². The molecule has 2 aliphatic rings. The lowest BCUT2D eigenvalue weighted by atomic mass is 9.89. The summed E-state index contributed by atoms with van der Waals surface area (Å²) in [7, 11) is 0. The zero-order valence-electron chi connectivity index (χ0n) is 19.4. The number of amides is 2. The number of aryl methyl sites for hydroxylation is 1. The number of hydrogen-bond acceptors (Lipinski definition) is 7. The quantitative estimate of drug-likeness (QED) is 0.542. The molecule has 9 heteroatoms. The third kappa shape index (κ3) is 5.95. The zero-order chi connectivity index (χ0) is 24.1. The molecule has 1 unspecified atom stereocenters. The number of piperidine rings is 1. The van der Waals surface area contributed by atoms with Gasteiger partial charge in [0.2, 0.25) is 5.91 Å². The van der Waals surface area contributed by atoms with Gasteiger partial charge in [0.15, 0.2) is 5.69 Å². The van der Waals surface area contributed by atoms with Crippen LogP contribution < -0.4 is 5.32 Å². The Morgan fingerprint density at radius 3 is 2.53 bits per heavy atom. The Kier molecular flexibility index (Phi) is 7.49. The van der Waals surface area contributed by atoms with Gasteiger partial charge in [0.25, 0.3) is 5.91 Å². The topological polar surface area (TPSA) is 122 Å². The van der Waals surface area contributed by atoms with E-state index in [4.69, 9.17) is 9.26 Å². The molecule has 2 fully saturated rings. The highest BCUT2D eigenvalue weighted by Crippen LogP contribution is 2.40. The highest BCUT2D eigenvalue weighted by atomic mass is 16.5. The number of carbonyl (C=O) groups excluding carboxylic acids is 3. The fourth-order valence-corrected chi connectivity index (χ4v) is 4.33. The van der Waals surface area contributed by atoms with Gasteiger partial charge < -0.3 is 24.6 Å². The van der Waals surface area contributed by atoms with E-state index in [9.17, 15) is 19.5 Å². The number of nitrogens with one attached hydrogen (secondary N) is 1. The second kappa shape index (κ2) is 10.7. The van der Waals surface area contributed by atoms with Crippen LogP contribution in [0.15, 0.2) is 34.9 Å². The smallest absolute Gasteiger partial charge is 0.328 e. The minimum absolute atomic E-state index is 0.0541. The average Bonchev–Trinajstić information content (AvgIpc) is 3.58. The summed E-state index contributed by atoms with van der Waals surface area (Å²) in [4.78, 5) is 39.9. The van der Waals surface area contributed by atoms with Crippen LogP contribution in [0.4, 0.5) is 0 Å². The molecular formula is C25H31N3O6. The summed E-state index contributed by atoms with van der Waals surface area (Å²) in [6.07, 6.45) is 4.22. The minimum atomic E-state index is -0.803. The van der Waals surface area contributed by atoms with Crippen LogP contribution in [0.5, 0.6) is 5.75 Å². The molecule has 2 aromatic rings. The minimum Gasteiger partial charge on any atom is -0.508 e. The number of aromatic nitrogens is 1. The van der Waals surface area contributed by atoms with Crippen molar-refractivity contribution in [3.8, 4) is 5.75 Å². The van der Waals surface area contributed by atoms with Crippen LogP contribution in [-0.4, -0.2) is 58.7 Å². The maximum absolute atomic E-state index is 12.8. The Hall–Kier alpha value is -3.36. The van der Waals surface area contributed by atoms with Crippen molar-refractivity contribution in [2.75, 3.05) is 19.7 Å². The van der Waals surface area contributed by atoms with Crippen molar-refractivity contribution in [1.29, 1.82) is 0 Å². The van der Waals surface area contributed by atoms with Crippen molar-refractivity contribution in [2.45, 2.75) is 57.4 Å².